The Kier molecular flexibility index (Phi) is 11.1. The Labute approximate surface area is 238 Å². The zero-order valence-corrected chi connectivity index (χ0v) is 24.5. The summed E-state index contributed by atoms with van der Waals surface area (Å²) < 4.78 is 34.1. The van der Waals surface area contributed by atoms with Crippen LogP contribution in [0.2, 0.25) is 0 Å². The molecule has 0 heterocycles. The van der Waals surface area contributed by atoms with Gasteiger partial charge in [0.2, 0.25) is 11.8 Å². The molecule has 3 rings (SSSR count). The summed E-state index contributed by atoms with van der Waals surface area (Å²) in [7, 11) is -2.52. The number of carbonyl (C=O) groups excluding carboxylic acids is 2. The van der Waals surface area contributed by atoms with Crippen molar-refractivity contribution in [3.05, 3.63) is 90.0 Å². The molecular weight excluding hydrogens is 526 g/mol. The summed E-state index contributed by atoms with van der Waals surface area (Å²) in [5, 5.41) is 2.94. The Bertz CT molecular complexity index is 1360. The number of carbonyl (C=O) groups is 2. The molecule has 40 heavy (non-hydrogen) atoms. The van der Waals surface area contributed by atoms with Crippen molar-refractivity contribution in [3.8, 4) is 5.75 Å². The van der Waals surface area contributed by atoms with Gasteiger partial charge in [0.25, 0.3) is 10.0 Å². The first-order valence-electron chi connectivity index (χ1n) is 13.6. The average Bonchev–Trinajstić information content (AvgIpc) is 2.97. The zero-order valence-electron chi connectivity index (χ0n) is 23.7. The van der Waals surface area contributed by atoms with Crippen molar-refractivity contribution < 1.29 is 22.7 Å². The van der Waals surface area contributed by atoms with Gasteiger partial charge >= 0.3 is 0 Å². The molecule has 3 aromatic rings. The van der Waals surface area contributed by atoms with E-state index in [1.807, 2.05) is 32.9 Å². The lowest BCUT2D eigenvalue weighted by Gasteiger charge is -2.33. The maximum Gasteiger partial charge on any atom is 0.264 e. The van der Waals surface area contributed by atoms with Crippen molar-refractivity contribution in [2.24, 2.45) is 0 Å². The van der Waals surface area contributed by atoms with E-state index in [1.54, 1.807) is 61.7 Å². The summed E-state index contributed by atoms with van der Waals surface area (Å²) in [4.78, 5) is 28.9. The van der Waals surface area contributed by atoms with Gasteiger partial charge in [0.1, 0.15) is 18.3 Å². The van der Waals surface area contributed by atoms with Crippen LogP contribution in [-0.4, -0.2) is 51.4 Å². The van der Waals surface area contributed by atoms with Gasteiger partial charge in [0.15, 0.2) is 0 Å². The lowest BCUT2D eigenvalue weighted by Crippen LogP contribution is -2.52. The van der Waals surface area contributed by atoms with Crippen LogP contribution in [0.4, 0.5) is 5.69 Å². The molecule has 0 radical (unpaired) electrons. The Balaban J connectivity index is 2.02. The number of benzene rings is 3. The molecule has 0 spiro atoms. The number of hydrogen-bond donors (Lipinski definition) is 1. The lowest BCUT2D eigenvalue weighted by molar-refractivity contribution is -0.140. The highest BCUT2D eigenvalue weighted by Gasteiger charge is 2.33. The van der Waals surface area contributed by atoms with Crippen LogP contribution in [0, 0.1) is 6.92 Å². The van der Waals surface area contributed by atoms with Crippen molar-refractivity contribution in [1.82, 2.24) is 10.2 Å². The van der Waals surface area contributed by atoms with Gasteiger partial charge in [-0.1, -0.05) is 68.3 Å². The molecule has 0 unspecified atom stereocenters. The van der Waals surface area contributed by atoms with Crippen LogP contribution in [0.15, 0.2) is 83.8 Å². The number of unbranched alkanes of at least 4 members (excludes halogenated alkanes) is 1. The first-order valence-corrected chi connectivity index (χ1v) is 15.0. The highest BCUT2D eigenvalue weighted by atomic mass is 32.2. The van der Waals surface area contributed by atoms with Crippen LogP contribution in [0.25, 0.3) is 0 Å². The predicted molar refractivity (Wildman–Crippen MR) is 158 cm³/mol. The standard InChI is InChI=1S/C31H39N3O5S/c1-5-7-20-32-31(36)29(6-2)33(22-25-12-11-13-27(21-25)39-4)30(35)23-34(26-18-16-24(3)17-19-26)40(37,38)28-14-9-8-10-15-28/h8-19,21,29H,5-7,20,22-23H2,1-4H3,(H,32,36)/t29-/m1/s1. The molecule has 2 amide bonds. The number of sulfonamides is 1. The molecule has 9 heteroatoms. The maximum atomic E-state index is 14.1. The number of aryl methyl sites for hydroxylation is 1. The van der Waals surface area contributed by atoms with Crippen molar-refractivity contribution in [1.29, 1.82) is 0 Å². The van der Waals surface area contributed by atoms with E-state index in [0.717, 1.165) is 28.3 Å². The van der Waals surface area contributed by atoms with Gasteiger partial charge in [-0.15, -0.1) is 0 Å². The number of amides is 2. The molecule has 0 aromatic heterocycles. The number of nitrogens with one attached hydrogen (secondary N) is 1. The van der Waals surface area contributed by atoms with Crippen molar-refractivity contribution in [2.45, 2.75) is 57.5 Å². The quantitative estimate of drug-likeness (QED) is 0.280. The summed E-state index contributed by atoms with van der Waals surface area (Å²) in [6, 6.07) is 21.5. The zero-order chi connectivity index (χ0) is 29.1. The van der Waals surface area contributed by atoms with Crippen LogP contribution in [0.1, 0.15) is 44.2 Å². The van der Waals surface area contributed by atoms with E-state index in [1.165, 1.54) is 17.0 Å². The van der Waals surface area contributed by atoms with Crippen LogP contribution < -0.4 is 14.4 Å². The molecule has 0 saturated heterocycles. The summed E-state index contributed by atoms with van der Waals surface area (Å²) >= 11 is 0. The van der Waals surface area contributed by atoms with Crippen LogP contribution >= 0.6 is 0 Å². The van der Waals surface area contributed by atoms with Crippen LogP contribution in [0.5, 0.6) is 5.75 Å². The Hall–Kier alpha value is -3.85. The fraction of sp³-hybridized carbons (Fsp3) is 0.355. The van der Waals surface area contributed by atoms with Gasteiger partial charge in [0.05, 0.1) is 17.7 Å². The van der Waals surface area contributed by atoms with Crippen molar-refractivity contribution in [2.75, 3.05) is 24.5 Å². The topological polar surface area (TPSA) is 96.0 Å². The fourth-order valence-electron chi connectivity index (χ4n) is 4.35. The third kappa shape index (κ3) is 7.85. The largest absolute Gasteiger partial charge is 0.497 e. The van der Waals surface area contributed by atoms with Gasteiger partial charge in [-0.25, -0.2) is 8.42 Å². The smallest absolute Gasteiger partial charge is 0.264 e. The molecule has 0 fully saturated rings. The molecule has 3 aromatic carbocycles. The molecule has 8 nitrogen and oxygen atoms in total. The monoisotopic (exact) mass is 565 g/mol. The second-order valence-corrected chi connectivity index (χ2v) is 11.5. The Morgan fingerprint density at radius 3 is 2.27 bits per heavy atom. The molecular formula is C31H39N3O5S. The van der Waals surface area contributed by atoms with Gasteiger partial charge in [-0.3, -0.25) is 13.9 Å². The first-order chi connectivity index (χ1) is 19.2. The van der Waals surface area contributed by atoms with Crippen LogP contribution in [-0.2, 0) is 26.2 Å². The number of rotatable bonds is 14. The summed E-state index contributed by atoms with van der Waals surface area (Å²) in [6.07, 6.45) is 2.11. The highest BCUT2D eigenvalue weighted by molar-refractivity contribution is 7.92. The molecule has 214 valence electrons. The number of anilines is 1. The second-order valence-electron chi connectivity index (χ2n) is 9.60. The van der Waals surface area contributed by atoms with E-state index >= 15 is 0 Å². The minimum atomic E-state index is -4.08. The molecule has 0 aliphatic heterocycles. The Morgan fingerprint density at radius 1 is 0.950 bits per heavy atom. The molecule has 0 aliphatic carbocycles. The van der Waals surface area contributed by atoms with Gasteiger partial charge in [0, 0.05) is 13.1 Å². The van der Waals surface area contributed by atoms with Crippen molar-refractivity contribution >= 4 is 27.5 Å². The summed E-state index contributed by atoms with van der Waals surface area (Å²) in [5.41, 5.74) is 2.09. The van der Waals surface area contributed by atoms with Crippen LogP contribution in [0.3, 0.4) is 0 Å². The van der Waals surface area contributed by atoms with E-state index in [9.17, 15) is 18.0 Å². The van der Waals surface area contributed by atoms with E-state index in [4.69, 9.17) is 4.74 Å². The predicted octanol–water partition coefficient (Wildman–Crippen LogP) is 4.92. The molecule has 0 bridgehead atoms. The summed E-state index contributed by atoms with van der Waals surface area (Å²) in [5.74, 6) is -0.126. The molecule has 0 saturated carbocycles. The van der Waals surface area contributed by atoms with Crippen molar-refractivity contribution in [3.63, 3.8) is 0 Å². The minimum Gasteiger partial charge on any atom is -0.497 e. The van der Waals surface area contributed by atoms with E-state index < -0.39 is 28.5 Å². The van der Waals surface area contributed by atoms with Gasteiger partial charge in [-0.05, 0) is 61.7 Å². The number of nitrogens with zero attached hydrogens (tertiary/aromatic N) is 2. The van der Waals surface area contributed by atoms with E-state index in [2.05, 4.69) is 5.32 Å². The maximum absolute atomic E-state index is 14.1. The third-order valence-electron chi connectivity index (χ3n) is 6.63. The molecule has 0 aliphatic rings. The SMILES string of the molecule is CCCCNC(=O)[C@@H](CC)N(Cc1cccc(OC)c1)C(=O)CN(c1ccc(C)cc1)S(=O)(=O)c1ccccc1. The molecule has 1 atom stereocenters. The third-order valence-corrected chi connectivity index (χ3v) is 8.42. The van der Waals surface area contributed by atoms with Gasteiger partial charge < -0.3 is 15.0 Å². The minimum absolute atomic E-state index is 0.0760. The average molecular weight is 566 g/mol. The second kappa shape index (κ2) is 14.5. The molecule has 1 N–H and O–H groups in total. The summed E-state index contributed by atoms with van der Waals surface area (Å²) in [6.45, 7) is 5.93. The fourth-order valence-corrected chi connectivity index (χ4v) is 5.79. The number of methoxy groups -OCH3 is 1. The normalized spacial score (nSPS) is 11.9. The van der Waals surface area contributed by atoms with Gasteiger partial charge in [-0.2, -0.15) is 0 Å². The van der Waals surface area contributed by atoms with E-state index in [0.29, 0.717) is 24.4 Å². The number of hydrogen-bond acceptors (Lipinski definition) is 5. The highest BCUT2D eigenvalue weighted by Crippen LogP contribution is 2.25. The van der Waals surface area contributed by atoms with E-state index in [-0.39, 0.29) is 17.3 Å². The Morgan fingerprint density at radius 2 is 1.65 bits per heavy atom. The number of ether oxygens (including phenoxy) is 1. The first kappa shape index (κ1) is 30.7. The lowest BCUT2D eigenvalue weighted by atomic mass is 10.1.